The highest BCUT2D eigenvalue weighted by molar-refractivity contribution is 9.10. The fourth-order valence-corrected chi connectivity index (χ4v) is 2.58. The molecule has 0 saturated carbocycles. The Balaban J connectivity index is 1.49. The average molecular weight is 415 g/mol. The molecule has 7 nitrogen and oxygen atoms in total. The first kappa shape index (κ1) is 17.9. The summed E-state index contributed by atoms with van der Waals surface area (Å²) in [7, 11) is 0. The van der Waals surface area contributed by atoms with Crippen molar-refractivity contribution in [2.45, 2.75) is 12.8 Å². The number of hydrogen-bond donors (Lipinski definition) is 0. The molecule has 0 amide bonds. The highest BCUT2D eigenvalue weighted by atomic mass is 79.9. The molecule has 0 N–H and O–H groups in total. The van der Waals surface area contributed by atoms with E-state index in [-0.39, 0.29) is 12.4 Å². The number of hydrogen-bond acceptors (Lipinski definition) is 6. The first-order valence-corrected chi connectivity index (χ1v) is 8.72. The molecule has 8 heteroatoms. The van der Waals surface area contributed by atoms with E-state index in [0.29, 0.717) is 29.7 Å². The van der Waals surface area contributed by atoms with Crippen molar-refractivity contribution >= 4 is 27.7 Å². The molecule has 132 valence electrons. The number of halogens is 1. The van der Waals surface area contributed by atoms with Crippen LogP contribution in [0.25, 0.3) is 5.69 Å². The van der Waals surface area contributed by atoms with Crippen LogP contribution in [-0.4, -0.2) is 38.6 Å². The van der Waals surface area contributed by atoms with Gasteiger partial charge in [-0.1, -0.05) is 34.1 Å². The molecule has 0 aliphatic heterocycles. The number of ether oxygens (including phenoxy) is 1. The van der Waals surface area contributed by atoms with Crippen LogP contribution < -0.4 is 0 Å². The first-order chi connectivity index (χ1) is 12.6. The molecule has 0 aliphatic carbocycles. The highest BCUT2D eigenvalue weighted by Crippen LogP contribution is 2.13. The Morgan fingerprint density at radius 2 is 1.88 bits per heavy atom. The zero-order valence-electron chi connectivity index (χ0n) is 13.7. The van der Waals surface area contributed by atoms with E-state index in [9.17, 15) is 9.59 Å². The maximum absolute atomic E-state index is 12.1. The van der Waals surface area contributed by atoms with Gasteiger partial charge >= 0.3 is 5.97 Å². The Kier molecular flexibility index (Phi) is 5.85. The predicted molar refractivity (Wildman–Crippen MR) is 97.1 cm³/mol. The van der Waals surface area contributed by atoms with Crippen LogP contribution in [-0.2, 0) is 4.74 Å². The summed E-state index contributed by atoms with van der Waals surface area (Å²) < 4.78 is 7.62. The van der Waals surface area contributed by atoms with Gasteiger partial charge in [0.25, 0.3) is 0 Å². The van der Waals surface area contributed by atoms with E-state index < -0.39 is 5.97 Å². The molecular formula is C18H15BrN4O3. The number of carbonyl (C=O) groups is 2. The van der Waals surface area contributed by atoms with Crippen LogP contribution in [0.15, 0.2) is 59.3 Å². The topological polar surface area (TPSA) is 87.0 Å². The number of rotatable bonds is 7. The molecule has 3 aromatic rings. The standard InChI is InChI=1S/C18H15BrN4O3/c19-15-8-6-13(7-9-15)17(24)5-2-10-26-18(25)14-3-1-4-16(11-14)23-12-20-21-22-23/h1,3-4,6-9,11-12H,2,5,10H2. The van der Waals surface area contributed by atoms with Gasteiger partial charge in [-0.05, 0) is 47.2 Å². The second kappa shape index (κ2) is 8.48. The van der Waals surface area contributed by atoms with Crippen molar-refractivity contribution in [3.63, 3.8) is 0 Å². The fourth-order valence-electron chi connectivity index (χ4n) is 2.32. The average Bonchev–Trinajstić information content (AvgIpc) is 3.20. The lowest BCUT2D eigenvalue weighted by atomic mass is 10.1. The van der Waals surface area contributed by atoms with Crippen molar-refractivity contribution in [2.24, 2.45) is 0 Å². The lowest BCUT2D eigenvalue weighted by Crippen LogP contribution is -2.09. The normalized spacial score (nSPS) is 10.5. The van der Waals surface area contributed by atoms with E-state index in [1.54, 1.807) is 36.4 Å². The maximum Gasteiger partial charge on any atom is 0.338 e. The largest absolute Gasteiger partial charge is 0.462 e. The van der Waals surface area contributed by atoms with Gasteiger partial charge in [0.2, 0.25) is 0 Å². The zero-order chi connectivity index (χ0) is 18.4. The van der Waals surface area contributed by atoms with E-state index in [2.05, 4.69) is 31.5 Å². The lowest BCUT2D eigenvalue weighted by Gasteiger charge is -2.06. The summed E-state index contributed by atoms with van der Waals surface area (Å²) in [5, 5.41) is 10.9. The van der Waals surface area contributed by atoms with Gasteiger partial charge in [-0.25, -0.2) is 9.48 Å². The number of esters is 1. The van der Waals surface area contributed by atoms with Gasteiger partial charge in [-0.15, -0.1) is 5.10 Å². The summed E-state index contributed by atoms with van der Waals surface area (Å²) in [6.45, 7) is 0.177. The molecule has 1 heterocycles. The maximum atomic E-state index is 12.1. The Morgan fingerprint density at radius 1 is 1.08 bits per heavy atom. The van der Waals surface area contributed by atoms with Gasteiger partial charge in [0.05, 0.1) is 17.9 Å². The van der Waals surface area contributed by atoms with Gasteiger partial charge in [-0.3, -0.25) is 4.79 Å². The molecule has 0 saturated heterocycles. The Bertz CT molecular complexity index is 895. The third-order valence-electron chi connectivity index (χ3n) is 3.64. The lowest BCUT2D eigenvalue weighted by molar-refractivity contribution is 0.0494. The van der Waals surface area contributed by atoms with Gasteiger partial charge in [0, 0.05) is 16.5 Å². The van der Waals surface area contributed by atoms with Crippen LogP contribution >= 0.6 is 15.9 Å². The molecule has 0 fully saturated rings. The minimum absolute atomic E-state index is 0.0224. The van der Waals surface area contributed by atoms with E-state index >= 15 is 0 Å². The van der Waals surface area contributed by atoms with Gasteiger partial charge < -0.3 is 4.74 Å². The van der Waals surface area contributed by atoms with E-state index in [1.165, 1.54) is 11.0 Å². The molecular weight excluding hydrogens is 400 g/mol. The molecule has 1 aromatic heterocycles. The van der Waals surface area contributed by atoms with Crippen LogP contribution in [0.4, 0.5) is 0 Å². The van der Waals surface area contributed by atoms with E-state index in [1.807, 2.05) is 12.1 Å². The smallest absolute Gasteiger partial charge is 0.338 e. The molecule has 0 unspecified atom stereocenters. The van der Waals surface area contributed by atoms with Gasteiger partial charge in [-0.2, -0.15) is 0 Å². The van der Waals surface area contributed by atoms with E-state index in [4.69, 9.17) is 4.74 Å². The predicted octanol–water partition coefficient (Wildman–Crippen LogP) is 3.24. The monoisotopic (exact) mass is 414 g/mol. The van der Waals surface area contributed by atoms with Crippen LogP contribution in [0.3, 0.4) is 0 Å². The van der Waals surface area contributed by atoms with E-state index in [0.717, 1.165) is 4.47 Å². The Labute approximate surface area is 158 Å². The minimum atomic E-state index is -0.448. The number of nitrogens with zero attached hydrogens (tertiary/aromatic N) is 4. The summed E-state index contributed by atoms with van der Waals surface area (Å²) in [4.78, 5) is 24.2. The minimum Gasteiger partial charge on any atom is -0.462 e. The van der Waals surface area contributed by atoms with Crippen LogP contribution in [0, 0.1) is 0 Å². The fraction of sp³-hybridized carbons (Fsp3) is 0.167. The number of aromatic nitrogens is 4. The van der Waals surface area contributed by atoms with Crippen LogP contribution in [0.5, 0.6) is 0 Å². The molecule has 0 atom stereocenters. The van der Waals surface area contributed by atoms with Crippen molar-refractivity contribution in [3.8, 4) is 5.69 Å². The highest BCUT2D eigenvalue weighted by Gasteiger charge is 2.10. The second-order valence-corrected chi connectivity index (χ2v) is 6.39. The molecule has 26 heavy (non-hydrogen) atoms. The molecule has 0 radical (unpaired) electrons. The number of Topliss-reactive ketones (excluding diaryl/α,β-unsaturated/α-hetero) is 1. The van der Waals surface area contributed by atoms with Gasteiger partial charge in [0.1, 0.15) is 6.33 Å². The van der Waals surface area contributed by atoms with Crippen LogP contribution in [0.1, 0.15) is 33.6 Å². The number of tetrazole rings is 1. The van der Waals surface area contributed by atoms with Crippen LogP contribution in [0.2, 0.25) is 0 Å². The molecule has 0 aliphatic rings. The summed E-state index contributed by atoms with van der Waals surface area (Å²) in [5.41, 5.74) is 1.71. The van der Waals surface area contributed by atoms with Crippen molar-refractivity contribution < 1.29 is 14.3 Å². The molecule has 0 bridgehead atoms. The molecule has 0 spiro atoms. The first-order valence-electron chi connectivity index (χ1n) is 7.93. The third kappa shape index (κ3) is 4.60. The SMILES string of the molecule is O=C(CCCOC(=O)c1cccc(-n2cnnn2)c1)c1ccc(Br)cc1. The number of benzene rings is 2. The Hall–Kier alpha value is -2.87. The number of carbonyl (C=O) groups excluding carboxylic acids is 2. The molecule has 3 rings (SSSR count). The van der Waals surface area contributed by atoms with Crippen molar-refractivity contribution in [3.05, 3.63) is 70.5 Å². The Morgan fingerprint density at radius 3 is 2.62 bits per heavy atom. The summed E-state index contributed by atoms with van der Waals surface area (Å²) in [5.74, 6) is -0.426. The van der Waals surface area contributed by atoms with Crippen molar-refractivity contribution in [1.29, 1.82) is 0 Å². The third-order valence-corrected chi connectivity index (χ3v) is 4.17. The summed E-state index contributed by atoms with van der Waals surface area (Å²) in [6, 6.07) is 14.0. The number of ketones is 1. The van der Waals surface area contributed by atoms with Gasteiger partial charge in [0.15, 0.2) is 5.78 Å². The summed E-state index contributed by atoms with van der Waals surface area (Å²) in [6.07, 6.45) is 2.23. The second-order valence-electron chi connectivity index (χ2n) is 5.47. The van der Waals surface area contributed by atoms with Crippen molar-refractivity contribution in [1.82, 2.24) is 20.2 Å². The zero-order valence-corrected chi connectivity index (χ0v) is 15.3. The van der Waals surface area contributed by atoms with Crippen molar-refractivity contribution in [2.75, 3.05) is 6.61 Å². The quantitative estimate of drug-likeness (QED) is 0.335. The molecule has 2 aromatic carbocycles. The summed E-state index contributed by atoms with van der Waals surface area (Å²) >= 11 is 3.33.